The van der Waals surface area contributed by atoms with Gasteiger partial charge >= 0.3 is 14.2 Å². The molecule has 7 heteroatoms. The molecule has 0 unspecified atom stereocenters. The first-order valence-corrected chi connectivity index (χ1v) is 26.6. The standard InChI is InChI=1S/C65H69B2NO4/c1-11-13-41-65(42-14-12-2)57-26-20-19-21-51(57)52-40-29-45(43-58(52)65)60-55-24-17-15-22-53(55)59(54-23-16-18-25-56(54)60)44-27-34-48(35-28-44)68(49-36-30-46(31-37-49)66-69-61(3,4)62(5,6)70-66)50-38-32-47(33-39-50)67-71-63(7,8)64(9,10)72-67/h15-40,43H,11-14,41-42H2,1-10H3. The Balaban J connectivity index is 1.00. The van der Waals surface area contributed by atoms with Gasteiger partial charge < -0.3 is 23.5 Å². The van der Waals surface area contributed by atoms with Crippen molar-refractivity contribution in [1.82, 2.24) is 0 Å². The Labute approximate surface area is 429 Å². The second-order valence-corrected chi connectivity index (χ2v) is 22.7. The van der Waals surface area contributed by atoms with Crippen molar-refractivity contribution < 1.29 is 18.6 Å². The normalized spacial score (nSPS) is 17.9. The predicted molar refractivity (Wildman–Crippen MR) is 304 cm³/mol. The summed E-state index contributed by atoms with van der Waals surface area (Å²) in [5.41, 5.74) is 14.2. The van der Waals surface area contributed by atoms with E-state index >= 15 is 0 Å². The largest absolute Gasteiger partial charge is 0.494 e. The number of hydrogen-bond donors (Lipinski definition) is 0. The van der Waals surface area contributed by atoms with Crippen LogP contribution in [0.4, 0.5) is 17.1 Å². The number of unbranched alkanes of at least 4 members (excludes halogenated alkanes) is 2. The summed E-state index contributed by atoms with van der Waals surface area (Å²) in [7, 11) is -0.894. The molecule has 2 saturated heterocycles. The van der Waals surface area contributed by atoms with E-state index in [-0.39, 0.29) is 5.41 Å². The van der Waals surface area contributed by atoms with Crippen LogP contribution in [0, 0.1) is 0 Å². The van der Waals surface area contributed by atoms with Gasteiger partial charge in [0.2, 0.25) is 0 Å². The van der Waals surface area contributed by atoms with Gasteiger partial charge in [-0.15, -0.1) is 0 Å². The van der Waals surface area contributed by atoms with Gasteiger partial charge in [-0.2, -0.15) is 0 Å². The second kappa shape index (κ2) is 18.2. The molecule has 0 amide bonds. The van der Waals surface area contributed by atoms with E-state index in [9.17, 15) is 0 Å². The minimum Gasteiger partial charge on any atom is -0.399 e. The Bertz CT molecular complexity index is 3130. The average Bonchev–Trinajstić information content (AvgIpc) is 3.88. The van der Waals surface area contributed by atoms with Crippen molar-refractivity contribution in [2.45, 2.75) is 136 Å². The lowest BCUT2D eigenvalue weighted by molar-refractivity contribution is 0.00578. The molecule has 1 aliphatic carbocycles. The van der Waals surface area contributed by atoms with Crippen molar-refractivity contribution in [2.24, 2.45) is 0 Å². The van der Waals surface area contributed by atoms with Crippen LogP contribution in [-0.2, 0) is 24.0 Å². The third kappa shape index (κ3) is 8.03. The molecule has 0 saturated carbocycles. The lowest BCUT2D eigenvalue weighted by Gasteiger charge is -2.33. The fraction of sp³-hybridized carbons (Fsp3) is 0.323. The Kier molecular flexibility index (Phi) is 12.2. The molecular weight excluding hydrogens is 880 g/mol. The number of fused-ring (bicyclic) bond motifs is 5. The van der Waals surface area contributed by atoms with Gasteiger partial charge in [0.25, 0.3) is 0 Å². The van der Waals surface area contributed by atoms with E-state index in [1.165, 1.54) is 105 Å². The van der Waals surface area contributed by atoms with Gasteiger partial charge in [-0.05, 0) is 188 Å². The average molecular weight is 950 g/mol. The first-order valence-electron chi connectivity index (χ1n) is 26.6. The number of rotatable bonds is 13. The highest BCUT2D eigenvalue weighted by molar-refractivity contribution is 6.62. The molecule has 0 N–H and O–H groups in total. The fourth-order valence-corrected chi connectivity index (χ4v) is 11.7. The van der Waals surface area contributed by atoms with E-state index in [2.05, 4.69) is 238 Å². The lowest BCUT2D eigenvalue weighted by Crippen LogP contribution is -2.41. The molecule has 0 spiro atoms. The van der Waals surface area contributed by atoms with Gasteiger partial charge in [0.05, 0.1) is 22.4 Å². The highest BCUT2D eigenvalue weighted by Crippen LogP contribution is 2.56. The highest BCUT2D eigenvalue weighted by Gasteiger charge is 2.53. The number of anilines is 3. The van der Waals surface area contributed by atoms with Crippen LogP contribution in [0.25, 0.3) is 54.9 Å². The highest BCUT2D eigenvalue weighted by atomic mass is 16.7. The summed E-state index contributed by atoms with van der Waals surface area (Å²) in [6.07, 6.45) is 7.14. The molecule has 2 fully saturated rings. The summed E-state index contributed by atoms with van der Waals surface area (Å²) in [5.74, 6) is 0. The Hall–Kier alpha value is -5.95. The van der Waals surface area contributed by atoms with Crippen LogP contribution in [0.1, 0.15) is 119 Å². The van der Waals surface area contributed by atoms with Gasteiger partial charge in [-0.3, -0.25) is 0 Å². The third-order valence-corrected chi connectivity index (χ3v) is 17.2. The zero-order chi connectivity index (χ0) is 50.2. The molecule has 0 atom stereocenters. The zero-order valence-electron chi connectivity index (χ0n) is 44.1. The van der Waals surface area contributed by atoms with Crippen molar-refractivity contribution in [3.63, 3.8) is 0 Å². The Morgan fingerprint density at radius 1 is 0.389 bits per heavy atom. The van der Waals surface area contributed by atoms with Crippen LogP contribution in [0.5, 0.6) is 0 Å². The SMILES string of the molecule is CCCCC1(CCCC)c2ccccc2-c2ccc(-c3c4ccccc4c(-c4ccc(N(c5ccc(B6OC(C)(C)C(C)(C)O6)cc5)c5ccc(B6OC(C)(C)C(C)(C)O6)cc5)cc4)c4ccccc34)cc21. The van der Waals surface area contributed by atoms with Crippen molar-refractivity contribution in [3.05, 3.63) is 175 Å². The van der Waals surface area contributed by atoms with Crippen LogP contribution in [0.15, 0.2) is 164 Å². The van der Waals surface area contributed by atoms with Gasteiger partial charge in [0.1, 0.15) is 0 Å². The molecule has 364 valence electrons. The van der Waals surface area contributed by atoms with Crippen LogP contribution in [-0.4, -0.2) is 36.6 Å². The second-order valence-electron chi connectivity index (χ2n) is 22.7. The van der Waals surface area contributed by atoms with Crippen LogP contribution >= 0.6 is 0 Å². The topological polar surface area (TPSA) is 40.2 Å². The summed E-state index contributed by atoms with van der Waals surface area (Å²) < 4.78 is 25.9. The molecule has 5 nitrogen and oxygen atoms in total. The van der Waals surface area contributed by atoms with E-state index in [1.807, 2.05) is 0 Å². The zero-order valence-corrected chi connectivity index (χ0v) is 44.1. The van der Waals surface area contributed by atoms with Gasteiger partial charge in [-0.1, -0.05) is 161 Å². The quantitative estimate of drug-likeness (QED) is 0.0851. The number of hydrogen-bond acceptors (Lipinski definition) is 5. The first kappa shape index (κ1) is 48.3. The molecular formula is C65H69B2NO4. The molecule has 8 aromatic rings. The number of nitrogens with zero attached hydrogens (tertiary/aromatic N) is 1. The van der Waals surface area contributed by atoms with Crippen LogP contribution < -0.4 is 15.8 Å². The van der Waals surface area contributed by atoms with Gasteiger partial charge in [-0.25, -0.2) is 0 Å². The molecule has 0 radical (unpaired) electrons. The summed E-state index contributed by atoms with van der Waals surface area (Å²) in [6.45, 7) is 21.4. The summed E-state index contributed by atoms with van der Waals surface area (Å²) in [5, 5.41) is 5.03. The Morgan fingerprint density at radius 3 is 1.18 bits per heavy atom. The van der Waals surface area contributed by atoms with Gasteiger partial charge in [0, 0.05) is 22.5 Å². The van der Waals surface area contributed by atoms with Crippen LogP contribution in [0.2, 0.25) is 0 Å². The molecule has 3 aliphatic rings. The maximum Gasteiger partial charge on any atom is 0.494 e. The molecule has 8 aromatic carbocycles. The van der Waals surface area contributed by atoms with Crippen LogP contribution in [0.3, 0.4) is 0 Å². The van der Waals surface area contributed by atoms with E-state index < -0.39 is 36.6 Å². The lowest BCUT2D eigenvalue weighted by atomic mass is 9.70. The molecule has 2 heterocycles. The first-order chi connectivity index (χ1) is 34.6. The predicted octanol–water partition coefficient (Wildman–Crippen LogP) is 16.0. The van der Waals surface area contributed by atoms with Crippen molar-refractivity contribution in [1.29, 1.82) is 0 Å². The van der Waals surface area contributed by atoms with E-state index in [1.54, 1.807) is 0 Å². The van der Waals surface area contributed by atoms with Gasteiger partial charge in [0.15, 0.2) is 0 Å². The van der Waals surface area contributed by atoms with E-state index in [0.717, 1.165) is 28.0 Å². The van der Waals surface area contributed by atoms with Crippen molar-refractivity contribution >= 4 is 63.8 Å². The summed E-state index contributed by atoms with van der Waals surface area (Å²) in [6, 6.07) is 61.1. The van der Waals surface area contributed by atoms with E-state index in [0.29, 0.717) is 0 Å². The molecule has 72 heavy (non-hydrogen) atoms. The van der Waals surface area contributed by atoms with Crippen molar-refractivity contribution in [3.8, 4) is 33.4 Å². The summed E-state index contributed by atoms with van der Waals surface area (Å²) in [4.78, 5) is 2.32. The minimum absolute atomic E-state index is 0.0135. The molecule has 2 aliphatic heterocycles. The molecule has 0 bridgehead atoms. The van der Waals surface area contributed by atoms with Crippen molar-refractivity contribution in [2.75, 3.05) is 4.90 Å². The maximum absolute atomic E-state index is 6.46. The Morgan fingerprint density at radius 2 is 0.750 bits per heavy atom. The smallest absolute Gasteiger partial charge is 0.399 e. The van der Waals surface area contributed by atoms with E-state index in [4.69, 9.17) is 18.6 Å². The number of benzene rings is 8. The monoisotopic (exact) mass is 950 g/mol. The summed E-state index contributed by atoms with van der Waals surface area (Å²) >= 11 is 0. The maximum atomic E-state index is 6.46. The minimum atomic E-state index is -0.447. The molecule has 11 rings (SSSR count). The molecule has 0 aromatic heterocycles. The third-order valence-electron chi connectivity index (χ3n) is 17.2. The fourth-order valence-electron chi connectivity index (χ4n) is 11.7.